The number of benzene rings is 1. The summed E-state index contributed by atoms with van der Waals surface area (Å²) >= 11 is 0. The van der Waals surface area contributed by atoms with Crippen molar-refractivity contribution < 1.29 is 19.4 Å². The lowest BCUT2D eigenvalue weighted by Crippen LogP contribution is -2.38. The molecule has 0 saturated carbocycles. The van der Waals surface area contributed by atoms with E-state index in [1.165, 1.54) is 4.90 Å². The number of hydrogen-bond donors (Lipinski definition) is 1. The Bertz CT molecular complexity index is 1030. The average Bonchev–Trinajstić information content (AvgIpc) is 3.09. The summed E-state index contributed by atoms with van der Waals surface area (Å²) < 4.78 is 5.45. The lowest BCUT2D eigenvalue weighted by Gasteiger charge is -2.27. The highest BCUT2D eigenvalue weighted by Crippen LogP contribution is 2.39. The Balaban J connectivity index is 2.12. The molecule has 1 atom stereocenters. The molecule has 1 aromatic heterocycles. The highest BCUT2D eigenvalue weighted by molar-refractivity contribution is 6.46. The first-order valence-corrected chi connectivity index (χ1v) is 11.4. The number of carbonyl (C=O) groups is 2. The summed E-state index contributed by atoms with van der Waals surface area (Å²) in [5, 5.41) is 11.3. The second-order valence-electron chi connectivity index (χ2n) is 8.39. The van der Waals surface area contributed by atoms with Crippen LogP contribution in [0.25, 0.3) is 5.76 Å². The summed E-state index contributed by atoms with van der Waals surface area (Å²) in [6.45, 7) is 10.9. The smallest absolute Gasteiger partial charge is 0.295 e. The first-order valence-electron chi connectivity index (χ1n) is 11.4. The number of nitrogens with zero attached hydrogens (tertiary/aromatic N) is 3. The molecule has 1 aliphatic rings. The second kappa shape index (κ2) is 10.6. The number of methoxy groups -OCH3 is 1. The Morgan fingerprint density at radius 2 is 1.91 bits per heavy atom. The number of aromatic nitrogens is 1. The summed E-state index contributed by atoms with van der Waals surface area (Å²) in [4.78, 5) is 34.4. The average molecular weight is 452 g/mol. The van der Waals surface area contributed by atoms with E-state index in [1.54, 1.807) is 37.6 Å². The van der Waals surface area contributed by atoms with Gasteiger partial charge in [-0.15, -0.1) is 0 Å². The molecule has 176 valence electrons. The predicted molar refractivity (Wildman–Crippen MR) is 128 cm³/mol. The first kappa shape index (κ1) is 24.5. The normalized spacial score (nSPS) is 17.9. The molecule has 1 unspecified atom stereocenters. The second-order valence-corrected chi connectivity index (χ2v) is 8.39. The number of pyridine rings is 1. The van der Waals surface area contributed by atoms with Crippen molar-refractivity contribution in [3.8, 4) is 5.75 Å². The van der Waals surface area contributed by atoms with Gasteiger partial charge in [0.1, 0.15) is 17.6 Å². The van der Waals surface area contributed by atoms with Crippen molar-refractivity contribution in [3.63, 3.8) is 0 Å². The van der Waals surface area contributed by atoms with Crippen LogP contribution in [-0.2, 0) is 9.59 Å². The van der Waals surface area contributed by atoms with Crippen molar-refractivity contribution in [3.05, 3.63) is 65.0 Å². The van der Waals surface area contributed by atoms with E-state index in [0.29, 0.717) is 30.1 Å². The minimum Gasteiger partial charge on any atom is -0.507 e. The van der Waals surface area contributed by atoms with Crippen LogP contribution in [0.3, 0.4) is 0 Å². The molecule has 0 bridgehead atoms. The standard InChI is InChI=1S/C26H33N3O4/c1-6-28(7-2)14-15-29-23(20-10-8-9-13-27-20)22(25(31)26(29)32)24(30)18-11-12-21(33-5)19(16-18)17(3)4/h8-13,16-17,23,30H,6-7,14-15H2,1-5H3/b24-22-. The van der Waals surface area contributed by atoms with Crippen LogP contribution in [0, 0.1) is 0 Å². The van der Waals surface area contributed by atoms with Gasteiger partial charge >= 0.3 is 0 Å². The molecule has 7 nitrogen and oxygen atoms in total. The van der Waals surface area contributed by atoms with Crippen molar-refractivity contribution in [2.24, 2.45) is 0 Å². The molecule has 3 rings (SSSR count). The number of aliphatic hydroxyl groups excluding tert-OH is 1. The molecule has 1 aliphatic heterocycles. The fraction of sp³-hybridized carbons (Fsp3) is 0.423. The fourth-order valence-electron chi connectivity index (χ4n) is 4.23. The lowest BCUT2D eigenvalue weighted by atomic mass is 9.94. The van der Waals surface area contributed by atoms with E-state index in [2.05, 4.69) is 23.7 Å². The van der Waals surface area contributed by atoms with Crippen molar-refractivity contribution >= 4 is 17.4 Å². The van der Waals surface area contributed by atoms with Gasteiger partial charge in [0.2, 0.25) is 0 Å². The highest BCUT2D eigenvalue weighted by atomic mass is 16.5. The number of amides is 1. The van der Waals surface area contributed by atoms with Crippen LogP contribution in [0.5, 0.6) is 5.75 Å². The Morgan fingerprint density at radius 1 is 1.18 bits per heavy atom. The van der Waals surface area contributed by atoms with Gasteiger partial charge < -0.3 is 19.6 Å². The fourth-order valence-corrected chi connectivity index (χ4v) is 4.23. The van der Waals surface area contributed by atoms with E-state index in [1.807, 2.05) is 26.0 Å². The summed E-state index contributed by atoms with van der Waals surface area (Å²) in [6.07, 6.45) is 1.63. The van der Waals surface area contributed by atoms with Crippen molar-refractivity contribution in [2.75, 3.05) is 33.3 Å². The molecule has 2 heterocycles. The Hall–Kier alpha value is -3.19. The van der Waals surface area contributed by atoms with Gasteiger partial charge in [-0.3, -0.25) is 14.6 Å². The number of rotatable bonds is 9. The number of ketones is 1. The number of hydrogen-bond acceptors (Lipinski definition) is 6. The topological polar surface area (TPSA) is 83.0 Å². The van der Waals surface area contributed by atoms with Gasteiger partial charge in [-0.25, -0.2) is 0 Å². The van der Waals surface area contributed by atoms with Crippen molar-refractivity contribution in [1.82, 2.24) is 14.8 Å². The van der Waals surface area contributed by atoms with E-state index in [0.717, 1.165) is 18.7 Å². The quantitative estimate of drug-likeness (QED) is 0.353. The van der Waals surface area contributed by atoms with Gasteiger partial charge in [0.15, 0.2) is 0 Å². The molecule has 1 saturated heterocycles. The zero-order chi connectivity index (χ0) is 24.1. The van der Waals surface area contributed by atoms with E-state index in [-0.39, 0.29) is 17.3 Å². The van der Waals surface area contributed by atoms with Crippen LogP contribution >= 0.6 is 0 Å². The van der Waals surface area contributed by atoms with Crippen LogP contribution in [0.2, 0.25) is 0 Å². The number of Topliss-reactive ketones (excluding diaryl/α,β-unsaturated/α-hetero) is 1. The number of ether oxygens (including phenoxy) is 1. The maximum atomic E-state index is 13.2. The molecule has 0 spiro atoms. The number of carbonyl (C=O) groups excluding carboxylic acids is 2. The molecule has 1 fully saturated rings. The van der Waals surface area contributed by atoms with Gasteiger partial charge in [0.25, 0.3) is 11.7 Å². The van der Waals surface area contributed by atoms with Crippen LogP contribution in [0.4, 0.5) is 0 Å². The predicted octanol–water partition coefficient (Wildman–Crippen LogP) is 3.98. The minimum atomic E-state index is -0.744. The van der Waals surface area contributed by atoms with E-state index in [4.69, 9.17) is 4.74 Å². The van der Waals surface area contributed by atoms with Gasteiger partial charge in [-0.2, -0.15) is 0 Å². The van der Waals surface area contributed by atoms with E-state index >= 15 is 0 Å². The molecule has 1 aromatic carbocycles. The van der Waals surface area contributed by atoms with Gasteiger partial charge in [0.05, 0.1) is 18.4 Å². The third-order valence-corrected chi connectivity index (χ3v) is 6.18. The summed E-state index contributed by atoms with van der Waals surface area (Å²) in [7, 11) is 1.60. The number of likely N-dealkylation sites (N-methyl/N-ethyl adjacent to an activating group) is 1. The molecular weight excluding hydrogens is 418 g/mol. The Morgan fingerprint density at radius 3 is 2.48 bits per heavy atom. The molecule has 1 N–H and O–H groups in total. The molecule has 0 aliphatic carbocycles. The molecule has 7 heteroatoms. The summed E-state index contributed by atoms with van der Waals surface area (Å²) in [5.74, 6) is -0.640. The van der Waals surface area contributed by atoms with Gasteiger partial charge in [-0.1, -0.05) is 33.8 Å². The van der Waals surface area contributed by atoms with Gasteiger partial charge in [-0.05, 0) is 54.9 Å². The molecule has 1 amide bonds. The first-order chi connectivity index (χ1) is 15.8. The van der Waals surface area contributed by atoms with Gasteiger partial charge in [0, 0.05) is 24.8 Å². The van der Waals surface area contributed by atoms with Crippen LogP contribution < -0.4 is 4.74 Å². The summed E-state index contributed by atoms with van der Waals surface area (Å²) in [5.41, 5.74) is 2.00. The highest BCUT2D eigenvalue weighted by Gasteiger charge is 2.46. The van der Waals surface area contributed by atoms with Crippen LogP contribution in [0.15, 0.2) is 48.2 Å². The SMILES string of the molecule is CCN(CC)CCN1C(=O)C(=O)/C(=C(\O)c2ccc(OC)c(C(C)C)c2)C1c1ccccn1. The Kier molecular flexibility index (Phi) is 7.87. The molecule has 2 aromatic rings. The van der Waals surface area contributed by atoms with Crippen LogP contribution in [-0.4, -0.2) is 64.9 Å². The zero-order valence-corrected chi connectivity index (χ0v) is 20.0. The third kappa shape index (κ3) is 4.93. The van der Waals surface area contributed by atoms with E-state index < -0.39 is 17.7 Å². The Labute approximate surface area is 195 Å². The molecular formula is C26H33N3O4. The zero-order valence-electron chi connectivity index (χ0n) is 20.0. The third-order valence-electron chi connectivity index (χ3n) is 6.18. The lowest BCUT2D eigenvalue weighted by molar-refractivity contribution is -0.140. The van der Waals surface area contributed by atoms with Crippen molar-refractivity contribution in [2.45, 2.75) is 39.7 Å². The molecule has 0 radical (unpaired) electrons. The van der Waals surface area contributed by atoms with E-state index in [9.17, 15) is 14.7 Å². The number of aliphatic hydroxyl groups is 1. The number of likely N-dealkylation sites (tertiary alicyclic amines) is 1. The largest absolute Gasteiger partial charge is 0.507 e. The summed E-state index contributed by atoms with van der Waals surface area (Å²) in [6, 6.07) is 9.93. The molecule has 33 heavy (non-hydrogen) atoms. The maximum Gasteiger partial charge on any atom is 0.295 e. The maximum absolute atomic E-state index is 13.2. The minimum absolute atomic E-state index is 0.0677. The van der Waals surface area contributed by atoms with Crippen molar-refractivity contribution in [1.29, 1.82) is 0 Å². The monoisotopic (exact) mass is 451 g/mol. The van der Waals surface area contributed by atoms with Crippen LogP contribution in [0.1, 0.15) is 56.5 Å².